The third kappa shape index (κ3) is 2.70. The smallest absolute Gasteiger partial charge is 0.131 e. The summed E-state index contributed by atoms with van der Waals surface area (Å²) in [5.41, 5.74) is 7.00. The summed E-state index contributed by atoms with van der Waals surface area (Å²) in [5, 5.41) is 0. The summed E-state index contributed by atoms with van der Waals surface area (Å²) >= 11 is 3.32. The molecule has 0 bridgehead atoms. The van der Waals surface area contributed by atoms with Crippen LogP contribution in [0.25, 0.3) is 0 Å². The Morgan fingerprint density at radius 1 is 1.06 bits per heavy atom. The topological polar surface area (TPSA) is 26.0 Å². The lowest BCUT2D eigenvalue weighted by Gasteiger charge is -2.13. The van der Waals surface area contributed by atoms with Gasteiger partial charge in [-0.05, 0) is 23.8 Å². The molecule has 4 heteroatoms. The number of halogens is 3. The Hall–Kier alpha value is -1.26. The van der Waals surface area contributed by atoms with Crippen LogP contribution in [0.5, 0.6) is 0 Å². The van der Waals surface area contributed by atoms with Crippen LogP contribution >= 0.6 is 15.9 Å². The maximum absolute atomic E-state index is 13.6. The van der Waals surface area contributed by atoms with E-state index in [4.69, 9.17) is 5.73 Å². The van der Waals surface area contributed by atoms with Crippen LogP contribution in [0.3, 0.4) is 0 Å². The highest BCUT2D eigenvalue weighted by atomic mass is 79.9. The number of rotatable bonds is 2. The molecular weight excluding hydrogens is 288 g/mol. The molecule has 0 amide bonds. The fourth-order valence-corrected chi connectivity index (χ4v) is 2.05. The van der Waals surface area contributed by atoms with E-state index in [-0.39, 0.29) is 5.56 Å². The predicted octanol–water partition coefficient (Wildman–Crippen LogP) is 3.78. The van der Waals surface area contributed by atoms with E-state index in [0.29, 0.717) is 0 Å². The number of hydrogen-bond acceptors (Lipinski definition) is 1. The number of hydrogen-bond donors (Lipinski definition) is 1. The van der Waals surface area contributed by atoms with E-state index < -0.39 is 17.7 Å². The first-order valence-electron chi connectivity index (χ1n) is 5.04. The van der Waals surface area contributed by atoms with Crippen molar-refractivity contribution in [3.05, 3.63) is 69.7 Å². The Morgan fingerprint density at radius 2 is 1.82 bits per heavy atom. The Balaban J connectivity index is 2.40. The number of nitrogens with two attached hydrogens (primary N) is 1. The van der Waals surface area contributed by atoms with E-state index in [0.717, 1.165) is 16.1 Å². The molecule has 1 unspecified atom stereocenters. The molecular formula is C13H10BrF2N. The zero-order valence-electron chi connectivity index (χ0n) is 8.83. The van der Waals surface area contributed by atoms with Crippen molar-refractivity contribution >= 4 is 15.9 Å². The molecule has 1 nitrogen and oxygen atoms in total. The van der Waals surface area contributed by atoms with Gasteiger partial charge in [-0.15, -0.1) is 0 Å². The van der Waals surface area contributed by atoms with Crippen molar-refractivity contribution in [2.75, 3.05) is 0 Å². The minimum absolute atomic E-state index is 0.282. The molecule has 0 saturated carbocycles. The van der Waals surface area contributed by atoms with Crippen LogP contribution in [0.2, 0.25) is 0 Å². The Bertz CT molecular complexity index is 543. The molecule has 0 aliphatic heterocycles. The van der Waals surface area contributed by atoms with Crippen LogP contribution in [0.1, 0.15) is 17.2 Å². The minimum Gasteiger partial charge on any atom is -0.320 e. The van der Waals surface area contributed by atoms with Crippen molar-refractivity contribution in [1.29, 1.82) is 0 Å². The highest BCUT2D eigenvalue weighted by molar-refractivity contribution is 9.10. The van der Waals surface area contributed by atoms with Gasteiger partial charge in [0, 0.05) is 16.1 Å². The average Bonchev–Trinajstić information content (AvgIpc) is 2.28. The van der Waals surface area contributed by atoms with Gasteiger partial charge in [-0.3, -0.25) is 0 Å². The fourth-order valence-electron chi connectivity index (χ4n) is 1.63. The zero-order chi connectivity index (χ0) is 12.4. The summed E-state index contributed by atoms with van der Waals surface area (Å²) in [4.78, 5) is 0. The van der Waals surface area contributed by atoms with Crippen molar-refractivity contribution in [3.8, 4) is 0 Å². The van der Waals surface area contributed by atoms with Gasteiger partial charge in [0.05, 0.1) is 6.04 Å². The van der Waals surface area contributed by atoms with Crippen LogP contribution in [-0.2, 0) is 0 Å². The first-order valence-corrected chi connectivity index (χ1v) is 5.83. The van der Waals surface area contributed by atoms with Crippen molar-refractivity contribution in [2.24, 2.45) is 5.73 Å². The number of benzene rings is 2. The molecule has 0 aliphatic rings. The van der Waals surface area contributed by atoms with Crippen LogP contribution in [-0.4, -0.2) is 0 Å². The Morgan fingerprint density at radius 3 is 2.47 bits per heavy atom. The van der Waals surface area contributed by atoms with E-state index in [1.54, 1.807) is 6.07 Å². The standard InChI is InChI=1S/C13H10BrF2N/c14-9-3-1-2-8(6-9)13(17)11-5-4-10(15)7-12(11)16/h1-7,13H,17H2. The van der Waals surface area contributed by atoms with Gasteiger partial charge in [0.15, 0.2) is 0 Å². The summed E-state index contributed by atoms with van der Waals surface area (Å²) in [6.07, 6.45) is 0. The van der Waals surface area contributed by atoms with E-state index >= 15 is 0 Å². The molecule has 88 valence electrons. The van der Waals surface area contributed by atoms with Crippen LogP contribution in [0.4, 0.5) is 8.78 Å². The van der Waals surface area contributed by atoms with E-state index in [9.17, 15) is 8.78 Å². The minimum atomic E-state index is -0.627. The van der Waals surface area contributed by atoms with Gasteiger partial charge in [0.1, 0.15) is 11.6 Å². The molecule has 0 spiro atoms. The maximum atomic E-state index is 13.6. The Kier molecular flexibility index (Phi) is 3.54. The largest absolute Gasteiger partial charge is 0.320 e. The second kappa shape index (κ2) is 4.94. The second-order valence-electron chi connectivity index (χ2n) is 3.70. The van der Waals surface area contributed by atoms with Gasteiger partial charge < -0.3 is 5.73 Å². The first kappa shape index (κ1) is 12.2. The summed E-state index contributed by atoms with van der Waals surface area (Å²) < 4.78 is 27.2. The van der Waals surface area contributed by atoms with E-state index in [2.05, 4.69) is 15.9 Å². The van der Waals surface area contributed by atoms with Gasteiger partial charge in [0.25, 0.3) is 0 Å². The summed E-state index contributed by atoms with van der Waals surface area (Å²) in [6.45, 7) is 0. The molecule has 0 saturated heterocycles. The highest BCUT2D eigenvalue weighted by Gasteiger charge is 2.14. The van der Waals surface area contributed by atoms with Gasteiger partial charge in [-0.25, -0.2) is 8.78 Å². The molecule has 17 heavy (non-hydrogen) atoms. The SMILES string of the molecule is NC(c1cccc(Br)c1)c1ccc(F)cc1F. The molecule has 2 N–H and O–H groups in total. The summed E-state index contributed by atoms with van der Waals surface area (Å²) in [7, 11) is 0. The van der Waals surface area contributed by atoms with Gasteiger partial charge in [-0.1, -0.05) is 34.1 Å². The molecule has 0 heterocycles. The van der Waals surface area contributed by atoms with E-state index in [1.807, 2.05) is 18.2 Å². The van der Waals surface area contributed by atoms with Crippen LogP contribution in [0, 0.1) is 11.6 Å². The van der Waals surface area contributed by atoms with Crippen LogP contribution in [0.15, 0.2) is 46.9 Å². The van der Waals surface area contributed by atoms with Crippen molar-refractivity contribution < 1.29 is 8.78 Å². The molecule has 0 fully saturated rings. The van der Waals surface area contributed by atoms with Crippen molar-refractivity contribution in [1.82, 2.24) is 0 Å². The summed E-state index contributed by atoms with van der Waals surface area (Å²) in [6, 6.07) is 10.1. The van der Waals surface area contributed by atoms with Gasteiger partial charge in [0.2, 0.25) is 0 Å². The molecule has 0 aromatic heterocycles. The average molecular weight is 298 g/mol. The molecule has 2 aromatic carbocycles. The molecule has 2 rings (SSSR count). The summed E-state index contributed by atoms with van der Waals surface area (Å²) in [5.74, 6) is -1.23. The van der Waals surface area contributed by atoms with E-state index in [1.165, 1.54) is 12.1 Å². The lowest BCUT2D eigenvalue weighted by molar-refractivity contribution is 0.566. The fraction of sp³-hybridized carbons (Fsp3) is 0.0769. The zero-order valence-corrected chi connectivity index (χ0v) is 10.4. The molecule has 0 radical (unpaired) electrons. The second-order valence-corrected chi connectivity index (χ2v) is 4.61. The van der Waals surface area contributed by atoms with Gasteiger partial charge >= 0.3 is 0 Å². The third-order valence-corrected chi connectivity index (χ3v) is 3.00. The third-order valence-electron chi connectivity index (χ3n) is 2.51. The van der Waals surface area contributed by atoms with Crippen molar-refractivity contribution in [3.63, 3.8) is 0 Å². The Labute approximate surface area is 106 Å². The molecule has 1 atom stereocenters. The quantitative estimate of drug-likeness (QED) is 0.897. The molecule has 2 aromatic rings. The monoisotopic (exact) mass is 297 g/mol. The lowest BCUT2D eigenvalue weighted by Crippen LogP contribution is -2.13. The highest BCUT2D eigenvalue weighted by Crippen LogP contribution is 2.24. The lowest BCUT2D eigenvalue weighted by atomic mass is 9.99. The molecule has 0 aliphatic carbocycles. The normalized spacial score (nSPS) is 12.5. The van der Waals surface area contributed by atoms with Gasteiger partial charge in [-0.2, -0.15) is 0 Å². The maximum Gasteiger partial charge on any atom is 0.131 e. The van der Waals surface area contributed by atoms with Crippen LogP contribution < -0.4 is 5.73 Å². The van der Waals surface area contributed by atoms with Crippen molar-refractivity contribution in [2.45, 2.75) is 6.04 Å². The first-order chi connectivity index (χ1) is 8.08. The predicted molar refractivity (Wildman–Crippen MR) is 66.5 cm³/mol.